The molecule has 2 aromatic heterocycles. The summed E-state index contributed by atoms with van der Waals surface area (Å²) in [6, 6.07) is 10.4. The van der Waals surface area contributed by atoms with Crippen LogP contribution in [0.5, 0.6) is 0 Å². The van der Waals surface area contributed by atoms with Crippen molar-refractivity contribution in [2.24, 2.45) is 5.41 Å². The second-order valence-corrected chi connectivity index (χ2v) is 7.98. The molecule has 2 heterocycles. The van der Waals surface area contributed by atoms with Crippen molar-refractivity contribution in [3.63, 3.8) is 0 Å². The second kappa shape index (κ2) is 5.62. The van der Waals surface area contributed by atoms with Gasteiger partial charge < -0.3 is 9.55 Å². The van der Waals surface area contributed by atoms with Crippen LogP contribution < -0.4 is 0 Å². The van der Waals surface area contributed by atoms with Crippen molar-refractivity contribution in [1.29, 1.82) is 0 Å². The molecular weight excluding hydrogens is 296 g/mol. The highest BCUT2D eigenvalue weighted by Crippen LogP contribution is 2.41. The topological polar surface area (TPSA) is 46.5 Å². The first-order chi connectivity index (χ1) is 11.5. The minimum absolute atomic E-state index is 0.230. The number of imidazole rings is 2. The van der Waals surface area contributed by atoms with E-state index in [-0.39, 0.29) is 5.41 Å². The molecule has 0 amide bonds. The van der Waals surface area contributed by atoms with Gasteiger partial charge in [0.1, 0.15) is 11.5 Å². The molecule has 1 N–H and O–H groups in total. The lowest BCUT2D eigenvalue weighted by atomic mass is 9.97. The quantitative estimate of drug-likeness (QED) is 0.746. The smallest absolute Gasteiger partial charge is 0.110 e. The maximum Gasteiger partial charge on any atom is 0.110 e. The molecule has 4 rings (SSSR count). The Morgan fingerprint density at radius 1 is 1.17 bits per heavy atom. The van der Waals surface area contributed by atoms with Crippen molar-refractivity contribution >= 4 is 0 Å². The number of nitrogens with one attached hydrogen (secondary N) is 1. The zero-order valence-electron chi connectivity index (χ0n) is 14.6. The minimum atomic E-state index is 0.230. The number of benzene rings is 1. The molecule has 124 valence electrons. The van der Waals surface area contributed by atoms with E-state index < -0.39 is 0 Å². The van der Waals surface area contributed by atoms with Crippen LogP contribution in [0.3, 0.4) is 0 Å². The van der Waals surface area contributed by atoms with E-state index in [1.54, 1.807) is 0 Å². The fourth-order valence-electron chi connectivity index (χ4n) is 3.06. The molecule has 1 saturated carbocycles. The predicted molar refractivity (Wildman–Crippen MR) is 96.7 cm³/mol. The number of aromatic nitrogens is 4. The molecule has 4 nitrogen and oxygen atoms in total. The van der Waals surface area contributed by atoms with Gasteiger partial charge in [0.25, 0.3) is 0 Å². The Kier molecular flexibility index (Phi) is 3.56. The van der Waals surface area contributed by atoms with Crippen LogP contribution in [0, 0.1) is 5.41 Å². The van der Waals surface area contributed by atoms with Crippen molar-refractivity contribution in [2.45, 2.75) is 46.1 Å². The Hall–Kier alpha value is -2.36. The van der Waals surface area contributed by atoms with Crippen LogP contribution in [0.1, 0.15) is 45.4 Å². The van der Waals surface area contributed by atoms with Crippen LogP contribution in [0.4, 0.5) is 0 Å². The molecule has 0 unspecified atom stereocenters. The third kappa shape index (κ3) is 3.14. The van der Waals surface area contributed by atoms with E-state index in [1.807, 2.05) is 12.4 Å². The van der Waals surface area contributed by atoms with Crippen molar-refractivity contribution in [2.75, 3.05) is 0 Å². The molecule has 1 aliphatic carbocycles. The van der Waals surface area contributed by atoms with E-state index in [4.69, 9.17) is 4.98 Å². The van der Waals surface area contributed by atoms with E-state index >= 15 is 0 Å². The van der Waals surface area contributed by atoms with Gasteiger partial charge >= 0.3 is 0 Å². The van der Waals surface area contributed by atoms with Crippen molar-refractivity contribution < 1.29 is 0 Å². The van der Waals surface area contributed by atoms with Gasteiger partial charge in [0, 0.05) is 24.2 Å². The Labute approximate surface area is 143 Å². The van der Waals surface area contributed by atoms with Gasteiger partial charge in [-0.05, 0) is 18.3 Å². The number of nitrogens with zero attached hydrogens (tertiary/aromatic N) is 3. The van der Waals surface area contributed by atoms with Crippen LogP contribution in [-0.2, 0) is 6.54 Å². The largest absolute Gasteiger partial charge is 0.340 e. The summed E-state index contributed by atoms with van der Waals surface area (Å²) >= 11 is 0. The van der Waals surface area contributed by atoms with Crippen molar-refractivity contribution in [3.05, 3.63) is 48.7 Å². The van der Waals surface area contributed by atoms with Crippen LogP contribution in [0.25, 0.3) is 22.6 Å². The summed E-state index contributed by atoms with van der Waals surface area (Å²) in [5, 5.41) is 0. The van der Waals surface area contributed by atoms with E-state index in [2.05, 4.69) is 65.8 Å². The van der Waals surface area contributed by atoms with Gasteiger partial charge in [-0.15, -0.1) is 0 Å². The van der Waals surface area contributed by atoms with Gasteiger partial charge in [-0.2, -0.15) is 0 Å². The van der Waals surface area contributed by atoms with Gasteiger partial charge in [0.2, 0.25) is 0 Å². The highest BCUT2D eigenvalue weighted by Gasteiger charge is 2.29. The second-order valence-electron chi connectivity index (χ2n) is 7.98. The lowest BCUT2D eigenvalue weighted by Crippen LogP contribution is -2.13. The summed E-state index contributed by atoms with van der Waals surface area (Å²) in [4.78, 5) is 13.1. The van der Waals surface area contributed by atoms with Crippen LogP contribution in [-0.4, -0.2) is 19.5 Å². The third-order valence-electron chi connectivity index (χ3n) is 4.28. The molecule has 0 atom stereocenters. The SMILES string of the molecule is CC(C)(C)Cn1cnc(-c2[nH]c(C3CC3)nc2-c2ccccc2)c1. The zero-order valence-corrected chi connectivity index (χ0v) is 14.6. The molecule has 1 fully saturated rings. The lowest BCUT2D eigenvalue weighted by molar-refractivity contribution is 0.343. The summed E-state index contributed by atoms with van der Waals surface area (Å²) in [6.07, 6.45) is 6.52. The minimum Gasteiger partial charge on any atom is -0.340 e. The van der Waals surface area contributed by atoms with Crippen molar-refractivity contribution in [1.82, 2.24) is 19.5 Å². The van der Waals surface area contributed by atoms with Crippen molar-refractivity contribution in [3.8, 4) is 22.6 Å². The summed E-state index contributed by atoms with van der Waals surface area (Å²) in [7, 11) is 0. The van der Waals surface area contributed by atoms with E-state index in [9.17, 15) is 0 Å². The molecule has 0 spiro atoms. The average molecular weight is 320 g/mol. The number of aromatic amines is 1. The number of hydrogen-bond donors (Lipinski definition) is 1. The zero-order chi connectivity index (χ0) is 16.7. The first-order valence-electron chi connectivity index (χ1n) is 8.67. The normalized spacial score (nSPS) is 15.0. The van der Waals surface area contributed by atoms with E-state index in [1.165, 1.54) is 12.8 Å². The fourth-order valence-corrected chi connectivity index (χ4v) is 3.06. The van der Waals surface area contributed by atoms with Gasteiger partial charge in [-0.1, -0.05) is 51.1 Å². The highest BCUT2D eigenvalue weighted by molar-refractivity contribution is 5.76. The van der Waals surface area contributed by atoms with Crippen LogP contribution >= 0.6 is 0 Å². The molecule has 1 aromatic carbocycles. The molecule has 0 saturated heterocycles. The average Bonchev–Trinajstić information content (AvgIpc) is 3.13. The predicted octanol–water partition coefficient (Wildman–Crippen LogP) is 4.86. The molecule has 24 heavy (non-hydrogen) atoms. The molecule has 0 bridgehead atoms. The standard InChI is InChI=1S/C20H24N4/c1-20(2,3)12-24-11-16(21-13-24)18-17(14-7-5-4-6-8-14)22-19(23-18)15-9-10-15/h4-8,11,13,15H,9-10,12H2,1-3H3,(H,22,23). The van der Waals surface area contributed by atoms with Gasteiger partial charge in [0.05, 0.1) is 17.7 Å². The Morgan fingerprint density at radius 2 is 1.92 bits per heavy atom. The summed E-state index contributed by atoms with van der Waals surface area (Å²) in [5.41, 5.74) is 4.39. The van der Waals surface area contributed by atoms with Crippen LogP contribution in [0.2, 0.25) is 0 Å². The Morgan fingerprint density at radius 3 is 2.58 bits per heavy atom. The summed E-state index contributed by atoms with van der Waals surface area (Å²) in [6.45, 7) is 7.67. The fraction of sp³-hybridized carbons (Fsp3) is 0.400. The first-order valence-corrected chi connectivity index (χ1v) is 8.67. The molecule has 0 aliphatic heterocycles. The first kappa shape index (κ1) is 15.2. The van der Waals surface area contributed by atoms with Gasteiger partial charge in [-0.3, -0.25) is 0 Å². The Bertz CT molecular complexity index is 832. The Balaban J connectivity index is 1.74. The number of H-pyrrole nitrogens is 1. The van der Waals surface area contributed by atoms with E-state index in [0.29, 0.717) is 5.92 Å². The van der Waals surface area contributed by atoms with Gasteiger partial charge in [0.15, 0.2) is 0 Å². The highest BCUT2D eigenvalue weighted by atomic mass is 15.1. The lowest BCUT2D eigenvalue weighted by Gasteiger charge is -2.18. The molecular formula is C20H24N4. The summed E-state index contributed by atoms with van der Waals surface area (Å²) in [5.74, 6) is 1.70. The summed E-state index contributed by atoms with van der Waals surface area (Å²) < 4.78 is 2.17. The molecule has 4 heteroatoms. The monoisotopic (exact) mass is 320 g/mol. The maximum atomic E-state index is 4.90. The van der Waals surface area contributed by atoms with E-state index in [0.717, 1.165) is 35.0 Å². The molecule has 1 aliphatic rings. The number of hydrogen-bond acceptors (Lipinski definition) is 2. The maximum absolute atomic E-state index is 4.90. The molecule has 0 radical (unpaired) electrons. The number of rotatable bonds is 4. The van der Waals surface area contributed by atoms with Crippen LogP contribution in [0.15, 0.2) is 42.9 Å². The molecule has 3 aromatic rings. The van der Waals surface area contributed by atoms with Gasteiger partial charge in [-0.25, -0.2) is 9.97 Å². The third-order valence-corrected chi connectivity index (χ3v) is 4.28.